The maximum Gasteiger partial charge on any atom is 0.315 e. The van der Waals surface area contributed by atoms with E-state index in [9.17, 15) is 9.59 Å². The van der Waals surface area contributed by atoms with Gasteiger partial charge in [0.1, 0.15) is 5.75 Å². The second-order valence-electron chi connectivity index (χ2n) is 9.51. The highest BCUT2D eigenvalue weighted by atomic mass is 16.5. The maximum atomic E-state index is 12.5. The third kappa shape index (κ3) is 5.69. The molecule has 31 heavy (non-hydrogen) atoms. The van der Waals surface area contributed by atoms with Crippen molar-refractivity contribution in [1.29, 1.82) is 5.26 Å². The summed E-state index contributed by atoms with van der Waals surface area (Å²) in [6.07, 6.45) is 8.70. The van der Waals surface area contributed by atoms with Crippen LogP contribution in [0.15, 0.2) is 24.3 Å². The number of carbonyl (C=O) groups excluding carboxylic acids is 2. The van der Waals surface area contributed by atoms with Crippen LogP contribution >= 0.6 is 0 Å². The number of rotatable bonds is 9. The third-order valence-electron chi connectivity index (χ3n) is 6.87. The van der Waals surface area contributed by atoms with Crippen LogP contribution in [0, 0.1) is 29.1 Å². The van der Waals surface area contributed by atoms with Crippen molar-refractivity contribution in [3.8, 4) is 11.8 Å². The molecule has 4 bridgehead atoms. The highest BCUT2D eigenvalue weighted by molar-refractivity contribution is 5.91. The Balaban J connectivity index is 1.17. The van der Waals surface area contributed by atoms with Crippen LogP contribution in [0.2, 0.25) is 0 Å². The lowest BCUT2D eigenvalue weighted by Gasteiger charge is -2.56. The first-order chi connectivity index (χ1) is 15.0. The number of nitrogens with zero attached hydrogens (tertiary/aromatic N) is 1. The van der Waals surface area contributed by atoms with E-state index in [2.05, 4.69) is 22.0 Å². The fraction of sp³-hybridized carbons (Fsp3) is 0.625. The normalized spacial score (nSPS) is 27.9. The molecule has 0 unspecified atom stereocenters. The Labute approximate surface area is 183 Å². The van der Waals surface area contributed by atoms with Crippen LogP contribution in [-0.4, -0.2) is 30.6 Å². The van der Waals surface area contributed by atoms with Gasteiger partial charge in [0, 0.05) is 36.7 Å². The summed E-state index contributed by atoms with van der Waals surface area (Å²) >= 11 is 0. The van der Waals surface area contributed by atoms with Crippen molar-refractivity contribution in [2.45, 2.75) is 63.3 Å². The molecule has 0 atom stereocenters. The summed E-state index contributed by atoms with van der Waals surface area (Å²) in [4.78, 5) is 24.7. The summed E-state index contributed by atoms with van der Waals surface area (Å²) in [6, 6.07) is 9.12. The van der Waals surface area contributed by atoms with E-state index >= 15 is 0 Å². The fourth-order valence-corrected chi connectivity index (χ4v) is 6.07. The Hall–Kier alpha value is -2.75. The summed E-state index contributed by atoms with van der Waals surface area (Å²) < 4.78 is 5.59. The zero-order chi connectivity index (χ0) is 21.7. The number of amides is 3. The molecule has 3 N–H and O–H groups in total. The summed E-state index contributed by atoms with van der Waals surface area (Å²) in [6.45, 7) is 0.766. The number of hydrogen-bond donors (Lipinski definition) is 3. The van der Waals surface area contributed by atoms with Crippen LogP contribution in [0.1, 0.15) is 57.8 Å². The van der Waals surface area contributed by atoms with Crippen molar-refractivity contribution in [3.05, 3.63) is 24.3 Å². The highest BCUT2D eigenvalue weighted by Gasteiger charge is 2.51. The van der Waals surface area contributed by atoms with Crippen LogP contribution in [0.3, 0.4) is 0 Å². The van der Waals surface area contributed by atoms with Crippen LogP contribution in [0.25, 0.3) is 0 Å². The van der Waals surface area contributed by atoms with Gasteiger partial charge in [-0.15, -0.1) is 0 Å². The molecule has 7 nitrogen and oxygen atoms in total. The summed E-state index contributed by atoms with van der Waals surface area (Å²) in [5, 5.41) is 17.5. The molecule has 0 heterocycles. The molecule has 0 radical (unpaired) electrons. The summed E-state index contributed by atoms with van der Waals surface area (Å²) in [5.41, 5.74) is 0.634. The van der Waals surface area contributed by atoms with Gasteiger partial charge >= 0.3 is 6.03 Å². The number of urea groups is 1. The maximum absolute atomic E-state index is 12.5. The van der Waals surface area contributed by atoms with Gasteiger partial charge < -0.3 is 20.7 Å². The number of nitriles is 1. The van der Waals surface area contributed by atoms with Gasteiger partial charge in [0.25, 0.3) is 0 Å². The smallest absolute Gasteiger partial charge is 0.315 e. The lowest BCUT2D eigenvalue weighted by molar-refractivity contribution is -0.116. The zero-order valence-electron chi connectivity index (χ0n) is 18.0. The minimum Gasteiger partial charge on any atom is -0.493 e. The molecule has 0 aromatic heterocycles. The van der Waals surface area contributed by atoms with Crippen molar-refractivity contribution in [2.75, 3.05) is 18.5 Å². The largest absolute Gasteiger partial charge is 0.493 e. The van der Waals surface area contributed by atoms with E-state index in [1.165, 1.54) is 19.3 Å². The Morgan fingerprint density at radius 3 is 2.52 bits per heavy atom. The van der Waals surface area contributed by atoms with Gasteiger partial charge in [0.15, 0.2) is 0 Å². The van der Waals surface area contributed by atoms with Gasteiger partial charge in [-0.3, -0.25) is 4.79 Å². The van der Waals surface area contributed by atoms with E-state index < -0.39 is 0 Å². The number of ether oxygens (including phenoxy) is 1. The SMILES string of the molecule is N#CCCCOc1cccc(NC(=O)CCNC(=O)NC23CC4CC(CC(C4)C2)C3)c1. The van der Waals surface area contributed by atoms with Gasteiger partial charge in [-0.1, -0.05) is 6.07 Å². The number of hydrogen-bond acceptors (Lipinski definition) is 4. The predicted octanol–water partition coefficient (Wildman–Crippen LogP) is 3.97. The van der Waals surface area contributed by atoms with Crippen LogP contribution < -0.4 is 20.7 Å². The second kappa shape index (κ2) is 9.59. The first-order valence-electron chi connectivity index (χ1n) is 11.5. The van der Waals surface area contributed by atoms with Crippen LogP contribution in [0.4, 0.5) is 10.5 Å². The molecular formula is C24H32N4O3. The van der Waals surface area contributed by atoms with Crippen molar-refractivity contribution in [1.82, 2.24) is 10.6 Å². The minimum atomic E-state index is -0.156. The molecule has 5 rings (SSSR count). The molecule has 166 valence electrons. The summed E-state index contributed by atoms with van der Waals surface area (Å²) in [7, 11) is 0. The van der Waals surface area contributed by atoms with Crippen molar-refractivity contribution < 1.29 is 14.3 Å². The Morgan fingerprint density at radius 2 is 1.84 bits per heavy atom. The van der Waals surface area contributed by atoms with E-state index in [0.29, 0.717) is 37.4 Å². The molecule has 1 aromatic rings. The van der Waals surface area contributed by atoms with E-state index in [0.717, 1.165) is 37.0 Å². The molecule has 3 amide bonds. The molecule has 4 saturated carbocycles. The molecule has 4 aliphatic carbocycles. The molecule has 0 spiro atoms. The number of nitrogens with one attached hydrogen (secondary N) is 3. The molecule has 0 saturated heterocycles. The van der Waals surface area contributed by atoms with E-state index in [4.69, 9.17) is 10.00 Å². The van der Waals surface area contributed by atoms with E-state index in [1.807, 2.05) is 12.1 Å². The van der Waals surface area contributed by atoms with Gasteiger partial charge in [-0.2, -0.15) is 5.26 Å². The van der Waals surface area contributed by atoms with Crippen LogP contribution in [0.5, 0.6) is 5.75 Å². The van der Waals surface area contributed by atoms with Gasteiger partial charge in [-0.25, -0.2) is 4.79 Å². The van der Waals surface area contributed by atoms with Crippen molar-refractivity contribution in [2.24, 2.45) is 17.8 Å². The van der Waals surface area contributed by atoms with Crippen molar-refractivity contribution in [3.63, 3.8) is 0 Å². The standard InChI is InChI=1S/C24H32N4O3/c25-7-1-2-9-31-21-5-3-4-20(13-21)27-22(29)6-8-26-23(30)28-24-14-17-10-18(15-24)12-19(11-17)16-24/h3-5,13,17-19H,1-2,6,8-12,14-16H2,(H,27,29)(H2,26,28,30). The molecule has 0 aliphatic heterocycles. The number of benzene rings is 1. The molecule has 4 aliphatic rings. The van der Waals surface area contributed by atoms with Crippen LogP contribution in [-0.2, 0) is 4.79 Å². The topological polar surface area (TPSA) is 103 Å². The third-order valence-corrected chi connectivity index (χ3v) is 6.87. The molecule has 4 fully saturated rings. The monoisotopic (exact) mass is 424 g/mol. The Morgan fingerprint density at radius 1 is 1.13 bits per heavy atom. The molecular weight excluding hydrogens is 392 g/mol. The first kappa shape index (κ1) is 21.5. The highest BCUT2D eigenvalue weighted by Crippen LogP contribution is 2.55. The molecule has 1 aromatic carbocycles. The van der Waals surface area contributed by atoms with Gasteiger partial charge in [-0.05, 0) is 74.8 Å². The number of anilines is 1. The predicted molar refractivity (Wildman–Crippen MR) is 117 cm³/mol. The van der Waals surface area contributed by atoms with Crippen molar-refractivity contribution >= 4 is 17.6 Å². The fourth-order valence-electron chi connectivity index (χ4n) is 6.07. The second-order valence-corrected chi connectivity index (χ2v) is 9.51. The lowest BCUT2D eigenvalue weighted by Crippen LogP contribution is -2.61. The Bertz CT molecular complexity index is 812. The zero-order valence-corrected chi connectivity index (χ0v) is 18.0. The average Bonchev–Trinajstić information content (AvgIpc) is 2.70. The Kier molecular flexibility index (Phi) is 6.64. The molecule has 7 heteroatoms. The van der Waals surface area contributed by atoms with E-state index in [-0.39, 0.29) is 23.9 Å². The van der Waals surface area contributed by atoms with Gasteiger partial charge in [0.05, 0.1) is 12.7 Å². The first-order valence-corrected chi connectivity index (χ1v) is 11.5. The average molecular weight is 425 g/mol. The minimum absolute atomic E-state index is 0.0191. The quantitative estimate of drug-likeness (QED) is 0.522. The van der Waals surface area contributed by atoms with E-state index in [1.54, 1.807) is 12.1 Å². The summed E-state index contributed by atoms with van der Waals surface area (Å²) in [5.74, 6) is 2.84. The van der Waals surface area contributed by atoms with Gasteiger partial charge in [0.2, 0.25) is 5.91 Å². The number of unbranched alkanes of at least 4 members (excludes halogenated alkanes) is 1. The lowest BCUT2D eigenvalue weighted by atomic mass is 9.53. The number of carbonyl (C=O) groups is 2.